The number of hydrogen-bond donors (Lipinski definition) is 5. The summed E-state index contributed by atoms with van der Waals surface area (Å²) in [6, 6.07) is 9.44. The molecule has 0 fully saturated rings. The molecule has 0 unspecified atom stereocenters. The van der Waals surface area contributed by atoms with Gasteiger partial charge in [-0.1, -0.05) is 12.2 Å². The topological polar surface area (TPSA) is 303 Å². The molecule has 7 N–H and O–H groups in total. The summed E-state index contributed by atoms with van der Waals surface area (Å²) in [5.74, 6) is -2.39. The van der Waals surface area contributed by atoms with Crippen molar-refractivity contribution in [2.75, 3.05) is 37.0 Å². The molecule has 0 aliphatic rings. The molecule has 2 aromatic carbocycles. The van der Waals surface area contributed by atoms with Crippen LogP contribution in [-0.4, -0.2) is 101 Å². The van der Waals surface area contributed by atoms with Gasteiger partial charge in [0.2, 0.25) is 23.7 Å². The second-order valence-electron chi connectivity index (χ2n) is 15.3. The molecule has 5 heterocycles. The molecular weight excluding hydrogens is 883 g/mol. The summed E-state index contributed by atoms with van der Waals surface area (Å²) in [4.78, 5) is 85.9. The Morgan fingerprint density at radius 3 is 1.93 bits per heavy atom. The van der Waals surface area contributed by atoms with Crippen LogP contribution < -0.4 is 32.2 Å². The number of imidazole rings is 2. The second kappa shape index (κ2) is 20.8. The molecule has 0 saturated carbocycles. The van der Waals surface area contributed by atoms with Gasteiger partial charge in [0.15, 0.2) is 5.58 Å². The lowest BCUT2D eigenvalue weighted by Gasteiger charge is -2.13. The van der Waals surface area contributed by atoms with Crippen LogP contribution in [0.4, 0.5) is 16.7 Å². The number of ether oxygens (including phenoxy) is 3. The molecule has 23 nitrogen and oxygen atoms in total. The van der Waals surface area contributed by atoms with E-state index in [4.69, 9.17) is 40.1 Å². The lowest BCUT2D eigenvalue weighted by molar-refractivity contribution is -0.142. The number of carbonyl (C=O) groups excluding carboxylic acids is 6. The number of aromatic nitrogens is 8. The molecular formula is C45H51N13O10. The normalized spacial score (nSPS) is 11.4. The van der Waals surface area contributed by atoms with E-state index in [-0.39, 0.29) is 86.6 Å². The summed E-state index contributed by atoms with van der Waals surface area (Å²) in [7, 11) is 0. The lowest BCUT2D eigenvalue weighted by atomic mass is 10.1. The number of aryl methyl sites for hydroxylation is 4. The minimum absolute atomic E-state index is 0.00854. The third-order valence-corrected chi connectivity index (χ3v) is 10.5. The van der Waals surface area contributed by atoms with E-state index >= 15 is 0 Å². The first-order valence-electron chi connectivity index (χ1n) is 21.8. The minimum atomic E-state index is -0.750. The van der Waals surface area contributed by atoms with Crippen LogP contribution in [0.1, 0.15) is 86.7 Å². The Bertz CT molecular complexity index is 3100. The first-order valence-corrected chi connectivity index (χ1v) is 21.8. The highest BCUT2D eigenvalue weighted by Crippen LogP contribution is 2.34. The smallest absolute Gasteiger partial charge is 0.407 e. The van der Waals surface area contributed by atoms with E-state index in [1.54, 1.807) is 75.7 Å². The lowest BCUT2D eigenvalue weighted by Crippen LogP contribution is -2.27. The highest BCUT2D eigenvalue weighted by Gasteiger charge is 2.24. The fraction of sp³-hybridized carbons (Fsp3) is 0.333. The number of allylic oxidation sites excluding steroid dienone is 2. The van der Waals surface area contributed by atoms with E-state index < -0.39 is 35.7 Å². The molecule has 7 rings (SSSR count). The van der Waals surface area contributed by atoms with Crippen molar-refractivity contribution in [2.45, 2.75) is 73.6 Å². The van der Waals surface area contributed by atoms with Gasteiger partial charge < -0.3 is 44.5 Å². The van der Waals surface area contributed by atoms with Gasteiger partial charge in [-0.25, -0.2) is 14.8 Å². The zero-order valence-corrected chi connectivity index (χ0v) is 38.1. The standard InChI is InChI=1S/C45H51N13O10/c1-6-57-32(20-25(4)53-57)41(62)51-43-49-30-22-27(39(46)60)23-34(66-17-11-18-68-45(64)48-14-12-35(59)65-8-3)36(30)55(43)15-9-10-16-56-37-31(24-29(40(47)61)28-13-19-67-38(28)37)50-44(56)52-42(63)33-21-26(5)54-58(33)7-2/h9-10,13,19-24H,6-8,11-12,14-18H2,1-5H3,(H2,46,60)(H2,47,61)(H,48,64)(H,49,51,62)(H,50,52,63)/b10-9+. The van der Waals surface area contributed by atoms with E-state index in [1.165, 1.54) is 18.4 Å². The van der Waals surface area contributed by atoms with Crippen LogP contribution in [0.15, 0.2) is 59.2 Å². The summed E-state index contributed by atoms with van der Waals surface area (Å²) >= 11 is 0. The van der Waals surface area contributed by atoms with Crippen LogP contribution >= 0.6 is 0 Å². The molecule has 0 spiro atoms. The van der Waals surface area contributed by atoms with Crippen LogP contribution in [0, 0.1) is 13.8 Å². The average molecular weight is 934 g/mol. The summed E-state index contributed by atoms with van der Waals surface area (Å²) in [5, 5.41) is 17.6. The summed E-state index contributed by atoms with van der Waals surface area (Å²) in [6.45, 7) is 10.3. The Kier molecular flexibility index (Phi) is 14.5. The number of carbonyl (C=O) groups is 6. The number of nitrogens with two attached hydrogens (primary N) is 2. The number of alkyl carbamates (subject to hydrolysis) is 1. The molecule has 5 aromatic heterocycles. The van der Waals surface area contributed by atoms with Crippen LogP contribution in [-0.2, 0) is 40.4 Å². The zero-order valence-electron chi connectivity index (χ0n) is 38.1. The number of rotatable bonds is 21. The molecule has 356 valence electrons. The number of primary amides is 2. The molecule has 7 aromatic rings. The number of fused-ring (bicyclic) bond motifs is 4. The number of anilines is 2. The van der Waals surface area contributed by atoms with Crippen LogP contribution in [0.25, 0.3) is 33.0 Å². The highest BCUT2D eigenvalue weighted by molar-refractivity contribution is 6.14. The van der Waals surface area contributed by atoms with Gasteiger partial charge in [0.05, 0.1) is 60.5 Å². The molecule has 23 heteroatoms. The predicted octanol–water partition coefficient (Wildman–Crippen LogP) is 4.59. The minimum Gasteiger partial charge on any atom is -0.491 e. The number of nitrogens with zero attached hydrogens (tertiary/aromatic N) is 8. The Balaban J connectivity index is 1.21. The van der Waals surface area contributed by atoms with Gasteiger partial charge in [0, 0.05) is 50.1 Å². The molecule has 5 amide bonds. The third kappa shape index (κ3) is 10.3. The molecule has 0 aliphatic carbocycles. The van der Waals surface area contributed by atoms with Crippen LogP contribution in [0.5, 0.6) is 5.75 Å². The SMILES string of the molecule is CCOC(=O)CCNC(=O)OCCCOc1cc(C(N)=O)cc2nc(NC(=O)c3cc(C)nn3CC)n(C/C=C/Cn3c(NC(=O)c4cc(C)nn4CC)nc4cc(C(N)=O)c5ccoc5c43)c12. The maximum absolute atomic E-state index is 13.8. The first-order chi connectivity index (χ1) is 32.7. The average Bonchev–Trinajstić information content (AvgIpc) is 4.14. The van der Waals surface area contributed by atoms with Crippen LogP contribution in [0.3, 0.4) is 0 Å². The maximum atomic E-state index is 13.8. The number of esters is 1. The number of nitrogens with one attached hydrogen (secondary N) is 3. The fourth-order valence-corrected chi connectivity index (χ4v) is 7.55. The van der Waals surface area contributed by atoms with E-state index in [0.717, 1.165) is 0 Å². The van der Waals surface area contributed by atoms with Crippen LogP contribution in [0.2, 0.25) is 0 Å². The van der Waals surface area contributed by atoms with Gasteiger partial charge >= 0.3 is 12.1 Å². The van der Waals surface area contributed by atoms with Gasteiger partial charge in [-0.15, -0.1) is 0 Å². The molecule has 0 aliphatic heterocycles. The van der Waals surface area contributed by atoms with E-state index in [0.29, 0.717) is 63.4 Å². The maximum Gasteiger partial charge on any atom is 0.407 e. The van der Waals surface area contributed by atoms with Crippen molar-refractivity contribution < 1.29 is 47.4 Å². The van der Waals surface area contributed by atoms with Crippen molar-refractivity contribution in [3.63, 3.8) is 0 Å². The molecule has 0 saturated heterocycles. The van der Waals surface area contributed by atoms with Gasteiger partial charge in [-0.2, -0.15) is 10.2 Å². The fourth-order valence-electron chi connectivity index (χ4n) is 7.55. The Labute approximate surface area is 387 Å². The zero-order chi connectivity index (χ0) is 48.6. The predicted molar refractivity (Wildman–Crippen MR) is 247 cm³/mol. The Morgan fingerprint density at radius 2 is 1.35 bits per heavy atom. The summed E-state index contributed by atoms with van der Waals surface area (Å²) < 4.78 is 28.7. The van der Waals surface area contributed by atoms with Crippen molar-refractivity contribution in [1.29, 1.82) is 0 Å². The molecule has 0 radical (unpaired) electrons. The molecule has 0 bridgehead atoms. The van der Waals surface area contributed by atoms with E-state index in [2.05, 4.69) is 26.1 Å². The third-order valence-electron chi connectivity index (χ3n) is 10.5. The summed E-state index contributed by atoms with van der Waals surface area (Å²) in [5.41, 5.74) is 15.5. The largest absolute Gasteiger partial charge is 0.491 e. The van der Waals surface area contributed by atoms with Crippen molar-refractivity contribution in [3.8, 4) is 5.75 Å². The van der Waals surface area contributed by atoms with Crippen molar-refractivity contribution in [1.82, 2.24) is 44.0 Å². The van der Waals surface area contributed by atoms with Crippen molar-refractivity contribution >= 4 is 80.6 Å². The quantitative estimate of drug-likeness (QED) is 0.0374. The first kappa shape index (κ1) is 47.5. The number of benzene rings is 2. The number of amides is 5. The van der Waals surface area contributed by atoms with Crippen molar-refractivity contribution in [2.24, 2.45) is 11.5 Å². The molecule has 68 heavy (non-hydrogen) atoms. The number of hydrogen-bond acceptors (Lipinski definition) is 14. The monoisotopic (exact) mass is 933 g/mol. The van der Waals surface area contributed by atoms with Gasteiger partial charge in [0.1, 0.15) is 28.2 Å². The van der Waals surface area contributed by atoms with E-state index in [1.807, 2.05) is 13.8 Å². The highest BCUT2D eigenvalue weighted by atomic mass is 16.6. The molecule has 0 atom stereocenters. The summed E-state index contributed by atoms with van der Waals surface area (Å²) in [6.07, 6.45) is 4.52. The Hall–Kier alpha value is -8.50. The van der Waals surface area contributed by atoms with Gasteiger partial charge in [-0.05, 0) is 71.0 Å². The number of furan rings is 1. The van der Waals surface area contributed by atoms with Crippen molar-refractivity contribution in [3.05, 3.63) is 88.7 Å². The van der Waals surface area contributed by atoms with E-state index in [9.17, 15) is 28.8 Å². The van der Waals surface area contributed by atoms with Gasteiger partial charge in [-0.3, -0.25) is 44.0 Å². The Morgan fingerprint density at radius 1 is 0.750 bits per heavy atom. The van der Waals surface area contributed by atoms with Gasteiger partial charge in [0.25, 0.3) is 11.8 Å². The second-order valence-corrected chi connectivity index (χ2v) is 15.3.